The van der Waals surface area contributed by atoms with Gasteiger partial charge in [0.2, 0.25) is 0 Å². The zero-order chi connectivity index (χ0) is 13.0. The molecule has 2 saturated carbocycles. The Morgan fingerprint density at radius 1 is 1.33 bits per heavy atom. The van der Waals surface area contributed by atoms with Gasteiger partial charge in [-0.05, 0) is 46.1 Å². The standard InChI is InChI=1S/C15H29NO2/c1-3-18-14-11-13(16-10-7-12(2)17)15(14)8-5-4-6-9-15/h12-14,16-17H,3-11H2,1-2H3. The first-order valence-corrected chi connectivity index (χ1v) is 7.72. The second-order valence-corrected chi connectivity index (χ2v) is 6.12. The molecule has 2 fully saturated rings. The number of rotatable bonds is 6. The fraction of sp³-hybridized carbons (Fsp3) is 1.00. The van der Waals surface area contributed by atoms with Crippen molar-refractivity contribution in [3.05, 3.63) is 0 Å². The molecule has 106 valence electrons. The van der Waals surface area contributed by atoms with E-state index in [4.69, 9.17) is 4.74 Å². The maximum atomic E-state index is 9.33. The summed E-state index contributed by atoms with van der Waals surface area (Å²) in [7, 11) is 0. The largest absolute Gasteiger partial charge is 0.393 e. The quantitative estimate of drug-likeness (QED) is 0.766. The molecule has 0 aliphatic heterocycles. The molecule has 18 heavy (non-hydrogen) atoms. The highest BCUT2D eigenvalue weighted by Gasteiger charge is 2.55. The minimum Gasteiger partial charge on any atom is -0.393 e. The molecule has 3 nitrogen and oxygen atoms in total. The molecule has 0 bridgehead atoms. The van der Waals surface area contributed by atoms with Gasteiger partial charge in [-0.1, -0.05) is 19.3 Å². The van der Waals surface area contributed by atoms with Gasteiger partial charge in [0.15, 0.2) is 0 Å². The van der Waals surface area contributed by atoms with Gasteiger partial charge in [-0.25, -0.2) is 0 Å². The van der Waals surface area contributed by atoms with Crippen LogP contribution in [-0.2, 0) is 4.74 Å². The number of nitrogens with one attached hydrogen (secondary N) is 1. The molecule has 0 aromatic rings. The monoisotopic (exact) mass is 255 g/mol. The van der Waals surface area contributed by atoms with Gasteiger partial charge in [-0.3, -0.25) is 0 Å². The van der Waals surface area contributed by atoms with Gasteiger partial charge in [-0.15, -0.1) is 0 Å². The smallest absolute Gasteiger partial charge is 0.0661 e. The van der Waals surface area contributed by atoms with E-state index in [1.54, 1.807) is 0 Å². The molecule has 3 unspecified atom stereocenters. The lowest BCUT2D eigenvalue weighted by atomic mass is 9.55. The van der Waals surface area contributed by atoms with Crippen LogP contribution in [0, 0.1) is 5.41 Å². The third-order valence-corrected chi connectivity index (χ3v) is 4.89. The van der Waals surface area contributed by atoms with E-state index in [1.165, 1.54) is 32.1 Å². The summed E-state index contributed by atoms with van der Waals surface area (Å²) in [4.78, 5) is 0. The van der Waals surface area contributed by atoms with Gasteiger partial charge in [0.1, 0.15) is 0 Å². The topological polar surface area (TPSA) is 41.5 Å². The molecular formula is C15H29NO2. The molecule has 2 N–H and O–H groups in total. The number of aliphatic hydroxyl groups is 1. The van der Waals surface area contributed by atoms with Gasteiger partial charge in [-0.2, -0.15) is 0 Å². The Balaban J connectivity index is 1.86. The van der Waals surface area contributed by atoms with Crippen LogP contribution in [0.2, 0.25) is 0 Å². The summed E-state index contributed by atoms with van der Waals surface area (Å²) in [5, 5.41) is 13.0. The van der Waals surface area contributed by atoms with E-state index in [9.17, 15) is 5.11 Å². The van der Waals surface area contributed by atoms with Crippen molar-refractivity contribution in [2.75, 3.05) is 13.2 Å². The second-order valence-electron chi connectivity index (χ2n) is 6.12. The van der Waals surface area contributed by atoms with E-state index >= 15 is 0 Å². The van der Waals surface area contributed by atoms with Gasteiger partial charge in [0, 0.05) is 18.1 Å². The maximum absolute atomic E-state index is 9.33. The highest BCUT2D eigenvalue weighted by Crippen LogP contribution is 2.53. The summed E-state index contributed by atoms with van der Waals surface area (Å²) < 4.78 is 5.94. The molecule has 1 spiro atoms. The van der Waals surface area contributed by atoms with Crippen LogP contribution in [0.4, 0.5) is 0 Å². The summed E-state index contributed by atoms with van der Waals surface area (Å²) >= 11 is 0. The molecule has 0 saturated heterocycles. The first kappa shape index (κ1) is 14.3. The average molecular weight is 255 g/mol. The summed E-state index contributed by atoms with van der Waals surface area (Å²) in [6, 6.07) is 0.619. The van der Waals surface area contributed by atoms with E-state index in [2.05, 4.69) is 12.2 Å². The zero-order valence-electron chi connectivity index (χ0n) is 12.0. The van der Waals surface area contributed by atoms with Gasteiger partial charge >= 0.3 is 0 Å². The first-order chi connectivity index (χ1) is 8.69. The van der Waals surface area contributed by atoms with Crippen LogP contribution in [-0.4, -0.2) is 36.5 Å². The Kier molecular flexibility index (Phi) is 5.05. The minimum atomic E-state index is -0.192. The molecule has 0 aromatic carbocycles. The lowest BCUT2D eigenvalue weighted by Crippen LogP contribution is -2.64. The predicted molar refractivity (Wildman–Crippen MR) is 73.6 cm³/mol. The van der Waals surface area contributed by atoms with Crippen LogP contribution in [0.15, 0.2) is 0 Å². The molecule has 0 amide bonds. The third kappa shape index (κ3) is 2.89. The molecule has 2 aliphatic rings. The van der Waals surface area contributed by atoms with E-state index in [0.29, 0.717) is 17.6 Å². The lowest BCUT2D eigenvalue weighted by Gasteiger charge is -2.58. The van der Waals surface area contributed by atoms with E-state index in [-0.39, 0.29) is 6.10 Å². The second kappa shape index (κ2) is 6.36. The van der Waals surface area contributed by atoms with Crippen LogP contribution in [0.5, 0.6) is 0 Å². The minimum absolute atomic E-state index is 0.192. The molecule has 0 aromatic heterocycles. The fourth-order valence-corrected chi connectivity index (χ4v) is 3.82. The van der Waals surface area contributed by atoms with Crippen molar-refractivity contribution in [3.63, 3.8) is 0 Å². The number of hydrogen-bond donors (Lipinski definition) is 2. The Morgan fingerprint density at radius 2 is 2.06 bits per heavy atom. The average Bonchev–Trinajstić information content (AvgIpc) is 2.37. The fourth-order valence-electron chi connectivity index (χ4n) is 3.82. The van der Waals surface area contributed by atoms with Gasteiger partial charge in [0.05, 0.1) is 12.2 Å². The van der Waals surface area contributed by atoms with Crippen molar-refractivity contribution >= 4 is 0 Å². The van der Waals surface area contributed by atoms with E-state index in [1.807, 2.05) is 6.92 Å². The van der Waals surface area contributed by atoms with Crippen molar-refractivity contribution < 1.29 is 9.84 Å². The Morgan fingerprint density at radius 3 is 2.67 bits per heavy atom. The summed E-state index contributed by atoms with van der Waals surface area (Å²) in [6.07, 6.45) is 9.06. The highest BCUT2D eigenvalue weighted by molar-refractivity contribution is 5.08. The first-order valence-electron chi connectivity index (χ1n) is 7.72. The van der Waals surface area contributed by atoms with E-state index in [0.717, 1.165) is 26.0 Å². The van der Waals surface area contributed by atoms with Crippen LogP contribution in [0.3, 0.4) is 0 Å². The van der Waals surface area contributed by atoms with Gasteiger partial charge in [0.25, 0.3) is 0 Å². The van der Waals surface area contributed by atoms with Crippen molar-refractivity contribution in [2.24, 2.45) is 5.41 Å². The zero-order valence-corrected chi connectivity index (χ0v) is 12.0. The van der Waals surface area contributed by atoms with Crippen molar-refractivity contribution in [3.8, 4) is 0 Å². The van der Waals surface area contributed by atoms with E-state index < -0.39 is 0 Å². The molecule has 2 rings (SSSR count). The van der Waals surface area contributed by atoms with Gasteiger partial charge < -0.3 is 15.2 Å². The molecule has 3 heteroatoms. The number of hydrogen-bond acceptors (Lipinski definition) is 3. The molecule has 2 aliphatic carbocycles. The summed E-state index contributed by atoms with van der Waals surface area (Å²) in [6.45, 7) is 5.74. The van der Waals surface area contributed by atoms with Crippen LogP contribution in [0.1, 0.15) is 58.8 Å². The molecule has 3 atom stereocenters. The Bertz CT molecular complexity index is 249. The summed E-state index contributed by atoms with van der Waals surface area (Å²) in [5.41, 5.74) is 0.410. The lowest BCUT2D eigenvalue weighted by molar-refractivity contribution is -0.150. The van der Waals surface area contributed by atoms with Crippen LogP contribution in [0.25, 0.3) is 0 Å². The van der Waals surface area contributed by atoms with Crippen molar-refractivity contribution in [2.45, 2.75) is 77.0 Å². The highest BCUT2D eigenvalue weighted by atomic mass is 16.5. The predicted octanol–water partition coefficient (Wildman–Crippen LogP) is 2.47. The SMILES string of the molecule is CCOC1CC(NCCC(C)O)C12CCCCC2. The maximum Gasteiger partial charge on any atom is 0.0661 e. The number of aliphatic hydroxyl groups excluding tert-OH is 1. The molecule has 0 radical (unpaired) electrons. The normalized spacial score (nSPS) is 32.2. The number of ether oxygens (including phenoxy) is 1. The molecule has 0 heterocycles. The summed E-state index contributed by atoms with van der Waals surface area (Å²) in [5.74, 6) is 0. The van der Waals surface area contributed by atoms with Crippen molar-refractivity contribution in [1.29, 1.82) is 0 Å². The van der Waals surface area contributed by atoms with Crippen molar-refractivity contribution in [1.82, 2.24) is 5.32 Å². The van der Waals surface area contributed by atoms with Crippen LogP contribution < -0.4 is 5.32 Å². The molecular weight excluding hydrogens is 226 g/mol. The third-order valence-electron chi connectivity index (χ3n) is 4.89. The Labute approximate surface area is 111 Å². The van der Waals surface area contributed by atoms with Crippen LogP contribution >= 0.6 is 0 Å². The Hall–Kier alpha value is -0.120.